The summed E-state index contributed by atoms with van der Waals surface area (Å²) in [5.74, 6) is 6.52. The molecule has 1 unspecified atom stereocenters. The van der Waals surface area contributed by atoms with Gasteiger partial charge in [-0.25, -0.2) is 5.43 Å². The van der Waals surface area contributed by atoms with Crippen molar-refractivity contribution < 1.29 is 4.74 Å². The molecule has 0 spiro atoms. The van der Waals surface area contributed by atoms with E-state index in [0.29, 0.717) is 0 Å². The van der Waals surface area contributed by atoms with Gasteiger partial charge in [0.05, 0.1) is 18.3 Å². The fourth-order valence-corrected chi connectivity index (χ4v) is 2.60. The van der Waals surface area contributed by atoms with Crippen molar-refractivity contribution in [3.63, 3.8) is 0 Å². The van der Waals surface area contributed by atoms with E-state index in [1.807, 2.05) is 26.0 Å². The molecule has 3 N–H and O–H groups in total. The zero-order chi connectivity index (χ0) is 15.4. The minimum Gasteiger partial charge on any atom is -0.489 e. The molecule has 1 aromatic heterocycles. The smallest absolute Gasteiger partial charge is 0.138 e. The molecule has 0 aliphatic rings. The standard InChI is InChI=1S/C16H20BrN3O/c1-10(2)21-14-6-12(8-19-9-14)16(20-18)15-7-13(17)5-4-11(15)3/h4-10,16,20H,18H2,1-3H3. The highest BCUT2D eigenvalue weighted by atomic mass is 79.9. The third-order valence-corrected chi connectivity index (χ3v) is 3.65. The lowest BCUT2D eigenvalue weighted by atomic mass is 9.96. The van der Waals surface area contributed by atoms with Crippen molar-refractivity contribution in [2.75, 3.05) is 0 Å². The molecule has 0 aliphatic heterocycles. The molecule has 0 aliphatic carbocycles. The number of ether oxygens (including phenoxy) is 1. The van der Waals surface area contributed by atoms with Gasteiger partial charge < -0.3 is 4.74 Å². The SMILES string of the molecule is Cc1ccc(Br)cc1C(NN)c1cncc(OC(C)C)c1. The topological polar surface area (TPSA) is 60.2 Å². The Morgan fingerprint density at radius 1 is 1.24 bits per heavy atom. The van der Waals surface area contributed by atoms with E-state index in [1.165, 1.54) is 0 Å². The van der Waals surface area contributed by atoms with Gasteiger partial charge in [-0.1, -0.05) is 22.0 Å². The molecule has 1 heterocycles. The Kier molecular flexibility index (Phi) is 5.33. The Labute approximate surface area is 133 Å². The maximum atomic E-state index is 5.77. The predicted octanol–water partition coefficient (Wildman–Crippen LogP) is 3.49. The molecule has 0 saturated heterocycles. The first-order chi connectivity index (χ1) is 10.0. The fourth-order valence-electron chi connectivity index (χ4n) is 2.22. The number of pyridine rings is 1. The van der Waals surface area contributed by atoms with E-state index in [-0.39, 0.29) is 12.1 Å². The van der Waals surface area contributed by atoms with E-state index in [0.717, 1.165) is 26.9 Å². The normalized spacial score (nSPS) is 12.5. The molecule has 0 saturated carbocycles. The fraction of sp³-hybridized carbons (Fsp3) is 0.312. The van der Waals surface area contributed by atoms with Gasteiger partial charge in [-0.2, -0.15) is 0 Å². The van der Waals surface area contributed by atoms with Gasteiger partial charge in [0.1, 0.15) is 5.75 Å². The van der Waals surface area contributed by atoms with Crippen molar-refractivity contribution in [1.82, 2.24) is 10.4 Å². The third kappa shape index (κ3) is 4.03. The van der Waals surface area contributed by atoms with Crippen LogP contribution in [0, 0.1) is 6.92 Å². The average molecular weight is 350 g/mol. The van der Waals surface area contributed by atoms with Crippen LogP contribution in [0.3, 0.4) is 0 Å². The number of hydrazine groups is 1. The second-order valence-electron chi connectivity index (χ2n) is 5.22. The monoisotopic (exact) mass is 349 g/mol. The summed E-state index contributed by atoms with van der Waals surface area (Å²) < 4.78 is 6.72. The molecule has 0 radical (unpaired) electrons. The van der Waals surface area contributed by atoms with Gasteiger partial charge in [0.25, 0.3) is 0 Å². The molecule has 1 aromatic carbocycles. The lowest BCUT2D eigenvalue weighted by Gasteiger charge is -2.20. The second-order valence-corrected chi connectivity index (χ2v) is 6.14. The van der Waals surface area contributed by atoms with Crippen LogP contribution in [-0.2, 0) is 0 Å². The summed E-state index contributed by atoms with van der Waals surface area (Å²) in [6, 6.07) is 7.98. The molecule has 112 valence electrons. The van der Waals surface area contributed by atoms with Crippen LogP contribution in [0.2, 0.25) is 0 Å². The first-order valence-electron chi connectivity index (χ1n) is 6.85. The van der Waals surface area contributed by atoms with Crippen molar-refractivity contribution in [2.45, 2.75) is 32.9 Å². The summed E-state index contributed by atoms with van der Waals surface area (Å²) in [5, 5.41) is 0. The first kappa shape index (κ1) is 15.9. The highest BCUT2D eigenvalue weighted by Gasteiger charge is 2.16. The predicted molar refractivity (Wildman–Crippen MR) is 88.0 cm³/mol. The zero-order valence-electron chi connectivity index (χ0n) is 12.4. The number of nitrogens with zero attached hydrogens (tertiary/aromatic N) is 1. The molecule has 5 heteroatoms. The highest BCUT2D eigenvalue weighted by molar-refractivity contribution is 9.10. The van der Waals surface area contributed by atoms with Crippen molar-refractivity contribution in [3.8, 4) is 5.75 Å². The van der Waals surface area contributed by atoms with Crippen LogP contribution in [0.4, 0.5) is 0 Å². The molecule has 0 bridgehead atoms. The molecule has 2 aromatic rings. The van der Waals surface area contributed by atoms with Crippen molar-refractivity contribution >= 4 is 15.9 Å². The number of rotatable bonds is 5. The number of benzene rings is 1. The Morgan fingerprint density at radius 3 is 2.67 bits per heavy atom. The molecule has 21 heavy (non-hydrogen) atoms. The number of aryl methyl sites for hydroxylation is 1. The number of nitrogens with one attached hydrogen (secondary N) is 1. The lowest BCUT2D eigenvalue weighted by molar-refractivity contribution is 0.241. The summed E-state index contributed by atoms with van der Waals surface area (Å²) in [5.41, 5.74) is 6.11. The van der Waals surface area contributed by atoms with Crippen molar-refractivity contribution in [3.05, 3.63) is 57.8 Å². The summed E-state index contributed by atoms with van der Waals surface area (Å²) in [6.07, 6.45) is 3.63. The van der Waals surface area contributed by atoms with Gasteiger partial charge in [-0.3, -0.25) is 10.8 Å². The molecule has 0 amide bonds. The summed E-state index contributed by atoms with van der Waals surface area (Å²) in [7, 11) is 0. The quantitative estimate of drug-likeness (QED) is 0.640. The molecule has 2 rings (SSSR count). The zero-order valence-corrected chi connectivity index (χ0v) is 14.0. The summed E-state index contributed by atoms with van der Waals surface area (Å²) in [4.78, 5) is 4.25. The van der Waals surface area contributed by atoms with Gasteiger partial charge in [-0.15, -0.1) is 0 Å². The minimum absolute atomic E-state index is 0.110. The Bertz CT molecular complexity index is 616. The number of hydrogen-bond donors (Lipinski definition) is 2. The lowest BCUT2D eigenvalue weighted by Crippen LogP contribution is -2.29. The van der Waals surface area contributed by atoms with Crippen LogP contribution in [0.5, 0.6) is 5.75 Å². The molecular formula is C16H20BrN3O. The molecule has 1 atom stereocenters. The Morgan fingerprint density at radius 2 is 2.00 bits per heavy atom. The van der Waals surface area contributed by atoms with Crippen LogP contribution in [0.1, 0.15) is 36.6 Å². The van der Waals surface area contributed by atoms with E-state index < -0.39 is 0 Å². The van der Waals surface area contributed by atoms with Crippen LogP contribution in [-0.4, -0.2) is 11.1 Å². The van der Waals surface area contributed by atoms with Gasteiger partial charge in [-0.05, 0) is 55.7 Å². The van der Waals surface area contributed by atoms with E-state index in [1.54, 1.807) is 12.4 Å². The summed E-state index contributed by atoms with van der Waals surface area (Å²) >= 11 is 3.50. The minimum atomic E-state index is -0.134. The van der Waals surface area contributed by atoms with Gasteiger partial charge >= 0.3 is 0 Å². The maximum Gasteiger partial charge on any atom is 0.138 e. The number of halogens is 1. The average Bonchev–Trinajstić information content (AvgIpc) is 2.43. The molecule has 4 nitrogen and oxygen atoms in total. The van der Waals surface area contributed by atoms with Gasteiger partial charge in [0.2, 0.25) is 0 Å². The number of nitrogens with two attached hydrogens (primary N) is 1. The van der Waals surface area contributed by atoms with Crippen molar-refractivity contribution in [2.24, 2.45) is 5.84 Å². The third-order valence-electron chi connectivity index (χ3n) is 3.16. The number of aromatic nitrogens is 1. The van der Waals surface area contributed by atoms with E-state index in [2.05, 4.69) is 45.4 Å². The molecular weight excluding hydrogens is 330 g/mol. The van der Waals surface area contributed by atoms with Crippen LogP contribution in [0.25, 0.3) is 0 Å². The van der Waals surface area contributed by atoms with E-state index in [4.69, 9.17) is 10.6 Å². The largest absolute Gasteiger partial charge is 0.489 e. The maximum absolute atomic E-state index is 5.77. The first-order valence-corrected chi connectivity index (χ1v) is 7.64. The summed E-state index contributed by atoms with van der Waals surface area (Å²) in [6.45, 7) is 6.04. The van der Waals surface area contributed by atoms with E-state index in [9.17, 15) is 0 Å². The van der Waals surface area contributed by atoms with Gasteiger partial charge in [0, 0.05) is 10.7 Å². The van der Waals surface area contributed by atoms with Gasteiger partial charge in [0.15, 0.2) is 0 Å². The molecule has 0 fully saturated rings. The Hall–Kier alpha value is -1.43. The highest BCUT2D eigenvalue weighted by Crippen LogP contribution is 2.28. The van der Waals surface area contributed by atoms with Crippen LogP contribution < -0.4 is 16.0 Å². The second kappa shape index (κ2) is 7.02. The van der Waals surface area contributed by atoms with Crippen LogP contribution in [0.15, 0.2) is 41.1 Å². The number of hydrogen-bond acceptors (Lipinski definition) is 4. The Balaban J connectivity index is 2.39. The van der Waals surface area contributed by atoms with E-state index >= 15 is 0 Å². The van der Waals surface area contributed by atoms with Crippen LogP contribution >= 0.6 is 15.9 Å². The van der Waals surface area contributed by atoms with Crippen molar-refractivity contribution in [1.29, 1.82) is 0 Å².